The molecule has 0 spiro atoms. The zero-order valence-electron chi connectivity index (χ0n) is 11.6. The number of aliphatic carboxylic acids is 1. The van der Waals surface area contributed by atoms with E-state index in [1.54, 1.807) is 0 Å². The van der Waals surface area contributed by atoms with Crippen molar-refractivity contribution in [3.05, 3.63) is 17.0 Å². The molecule has 0 bridgehead atoms. The molecular formula is C13H21N3O3. The monoisotopic (exact) mass is 267 g/mol. The fourth-order valence-electron chi connectivity index (χ4n) is 1.92. The van der Waals surface area contributed by atoms with Gasteiger partial charge in [0.1, 0.15) is 0 Å². The highest BCUT2D eigenvalue weighted by atomic mass is 16.4. The third-order valence-electron chi connectivity index (χ3n) is 3.25. The number of nitrogens with zero attached hydrogens (tertiary/aromatic N) is 1. The molecule has 1 aromatic rings. The Labute approximate surface area is 112 Å². The maximum atomic E-state index is 11.8. The molecule has 0 radical (unpaired) electrons. The summed E-state index contributed by atoms with van der Waals surface area (Å²) in [7, 11) is 0. The van der Waals surface area contributed by atoms with E-state index in [1.165, 1.54) is 0 Å². The average molecular weight is 267 g/mol. The summed E-state index contributed by atoms with van der Waals surface area (Å²) in [6.45, 7) is 6.05. The number of nitrogens with one attached hydrogen (secondary N) is 2. The molecule has 0 fully saturated rings. The number of aryl methyl sites for hydroxylation is 2. The first-order chi connectivity index (χ1) is 8.93. The summed E-state index contributed by atoms with van der Waals surface area (Å²) in [5.41, 5.74) is 2.62. The zero-order valence-corrected chi connectivity index (χ0v) is 11.6. The summed E-state index contributed by atoms with van der Waals surface area (Å²) in [4.78, 5) is 22.5. The van der Waals surface area contributed by atoms with E-state index < -0.39 is 5.97 Å². The SMILES string of the molecule is CCC(CNC(=O)Cc1c(C)n[nH]c1C)CC(=O)O. The minimum absolute atomic E-state index is 0.0204. The summed E-state index contributed by atoms with van der Waals surface area (Å²) >= 11 is 0. The van der Waals surface area contributed by atoms with E-state index in [-0.39, 0.29) is 24.7 Å². The number of aromatic amines is 1. The zero-order chi connectivity index (χ0) is 14.4. The number of rotatable bonds is 7. The standard InChI is InChI=1S/C13H21N3O3/c1-4-10(5-13(18)19)7-14-12(17)6-11-8(2)15-16-9(11)3/h10H,4-7H2,1-3H3,(H,14,17)(H,15,16)(H,18,19). The number of carbonyl (C=O) groups excluding carboxylic acids is 1. The Morgan fingerprint density at radius 3 is 2.58 bits per heavy atom. The Bertz CT molecular complexity index is 434. The van der Waals surface area contributed by atoms with Crippen molar-refractivity contribution in [2.45, 2.75) is 40.0 Å². The number of carbonyl (C=O) groups is 2. The van der Waals surface area contributed by atoms with Crippen molar-refractivity contribution in [2.75, 3.05) is 6.54 Å². The minimum atomic E-state index is -0.831. The first-order valence-corrected chi connectivity index (χ1v) is 6.43. The first-order valence-electron chi connectivity index (χ1n) is 6.43. The van der Waals surface area contributed by atoms with Crippen LogP contribution in [0.2, 0.25) is 0 Å². The first kappa shape index (κ1) is 15.2. The van der Waals surface area contributed by atoms with E-state index in [0.29, 0.717) is 6.54 Å². The van der Waals surface area contributed by atoms with Crippen molar-refractivity contribution in [2.24, 2.45) is 5.92 Å². The van der Waals surface area contributed by atoms with Crippen LogP contribution < -0.4 is 5.32 Å². The van der Waals surface area contributed by atoms with Crippen LogP contribution in [0.15, 0.2) is 0 Å². The summed E-state index contributed by atoms with van der Waals surface area (Å²) in [6.07, 6.45) is 1.09. The van der Waals surface area contributed by atoms with Gasteiger partial charge in [-0.05, 0) is 19.8 Å². The molecule has 0 aliphatic carbocycles. The van der Waals surface area contributed by atoms with E-state index in [2.05, 4.69) is 15.5 Å². The molecule has 19 heavy (non-hydrogen) atoms. The van der Waals surface area contributed by atoms with Gasteiger partial charge in [-0.15, -0.1) is 0 Å². The summed E-state index contributed by atoms with van der Waals surface area (Å²) < 4.78 is 0. The fraction of sp³-hybridized carbons (Fsp3) is 0.615. The van der Waals surface area contributed by atoms with Gasteiger partial charge in [-0.3, -0.25) is 14.7 Å². The van der Waals surface area contributed by atoms with Gasteiger partial charge >= 0.3 is 5.97 Å². The Kier molecular flexibility index (Phi) is 5.54. The highest BCUT2D eigenvalue weighted by molar-refractivity contribution is 5.79. The van der Waals surface area contributed by atoms with Crippen molar-refractivity contribution < 1.29 is 14.7 Å². The lowest BCUT2D eigenvalue weighted by atomic mass is 10.0. The van der Waals surface area contributed by atoms with Crippen LogP contribution >= 0.6 is 0 Å². The number of aromatic nitrogens is 2. The minimum Gasteiger partial charge on any atom is -0.481 e. The Hall–Kier alpha value is -1.85. The molecule has 0 aliphatic rings. The number of amides is 1. The van der Waals surface area contributed by atoms with Crippen molar-refractivity contribution >= 4 is 11.9 Å². The van der Waals surface area contributed by atoms with Crippen LogP contribution in [0.25, 0.3) is 0 Å². The molecule has 1 unspecified atom stereocenters. The maximum Gasteiger partial charge on any atom is 0.303 e. The van der Waals surface area contributed by atoms with Gasteiger partial charge in [0, 0.05) is 24.2 Å². The van der Waals surface area contributed by atoms with Crippen LogP contribution in [0.4, 0.5) is 0 Å². The highest BCUT2D eigenvalue weighted by Gasteiger charge is 2.14. The van der Waals surface area contributed by atoms with Gasteiger partial charge in [0.15, 0.2) is 0 Å². The van der Waals surface area contributed by atoms with E-state index in [0.717, 1.165) is 23.4 Å². The number of carboxylic acid groups (broad SMARTS) is 1. The molecule has 1 aromatic heterocycles. The van der Waals surface area contributed by atoms with Crippen LogP contribution in [-0.4, -0.2) is 33.7 Å². The topological polar surface area (TPSA) is 95.1 Å². The van der Waals surface area contributed by atoms with E-state index in [9.17, 15) is 9.59 Å². The summed E-state index contributed by atoms with van der Waals surface area (Å²) in [6, 6.07) is 0. The molecule has 1 amide bonds. The van der Waals surface area contributed by atoms with Gasteiger partial charge in [0.05, 0.1) is 12.1 Å². The third kappa shape index (κ3) is 4.73. The van der Waals surface area contributed by atoms with Gasteiger partial charge in [0.2, 0.25) is 5.91 Å². The van der Waals surface area contributed by atoms with Crippen molar-refractivity contribution in [1.82, 2.24) is 15.5 Å². The molecule has 106 valence electrons. The van der Waals surface area contributed by atoms with Gasteiger partial charge in [0.25, 0.3) is 0 Å². The Morgan fingerprint density at radius 2 is 2.11 bits per heavy atom. The van der Waals surface area contributed by atoms with Crippen LogP contribution in [-0.2, 0) is 16.0 Å². The van der Waals surface area contributed by atoms with Gasteiger partial charge < -0.3 is 10.4 Å². The lowest BCUT2D eigenvalue weighted by molar-refractivity contribution is -0.138. The molecule has 0 aliphatic heterocycles. The number of H-pyrrole nitrogens is 1. The van der Waals surface area contributed by atoms with Crippen molar-refractivity contribution in [3.63, 3.8) is 0 Å². The number of carboxylic acids is 1. The lowest BCUT2D eigenvalue weighted by Crippen LogP contribution is -2.31. The molecule has 1 rings (SSSR count). The van der Waals surface area contributed by atoms with Crippen LogP contribution in [0, 0.1) is 19.8 Å². The fourth-order valence-corrected chi connectivity index (χ4v) is 1.92. The summed E-state index contributed by atoms with van der Waals surface area (Å²) in [5, 5.41) is 18.4. The second-order valence-electron chi connectivity index (χ2n) is 4.77. The molecular weight excluding hydrogens is 246 g/mol. The predicted octanol–water partition coefficient (Wildman–Crippen LogP) is 1.19. The maximum absolute atomic E-state index is 11.8. The summed E-state index contributed by atoms with van der Waals surface area (Å²) in [5.74, 6) is -0.952. The highest BCUT2D eigenvalue weighted by Crippen LogP contribution is 2.10. The number of hydrogen-bond acceptors (Lipinski definition) is 3. The van der Waals surface area contributed by atoms with Gasteiger partial charge in [-0.2, -0.15) is 5.10 Å². The second-order valence-corrected chi connectivity index (χ2v) is 4.77. The van der Waals surface area contributed by atoms with Crippen molar-refractivity contribution in [3.8, 4) is 0 Å². The predicted molar refractivity (Wildman–Crippen MR) is 70.8 cm³/mol. The van der Waals surface area contributed by atoms with Crippen LogP contribution in [0.3, 0.4) is 0 Å². The largest absolute Gasteiger partial charge is 0.481 e. The van der Waals surface area contributed by atoms with Gasteiger partial charge in [-0.25, -0.2) is 0 Å². The average Bonchev–Trinajstić information content (AvgIpc) is 2.65. The van der Waals surface area contributed by atoms with Crippen LogP contribution in [0.5, 0.6) is 0 Å². The molecule has 0 saturated carbocycles. The molecule has 3 N–H and O–H groups in total. The molecule has 1 heterocycles. The second kappa shape index (κ2) is 6.92. The normalized spacial score (nSPS) is 12.2. The third-order valence-corrected chi connectivity index (χ3v) is 3.25. The van der Waals surface area contributed by atoms with Crippen LogP contribution in [0.1, 0.15) is 36.7 Å². The van der Waals surface area contributed by atoms with Gasteiger partial charge in [-0.1, -0.05) is 13.3 Å². The molecule has 6 nitrogen and oxygen atoms in total. The quantitative estimate of drug-likeness (QED) is 0.691. The Balaban J connectivity index is 2.45. The van der Waals surface area contributed by atoms with Crippen molar-refractivity contribution in [1.29, 1.82) is 0 Å². The molecule has 1 atom stereocenters. The number of hydrogen-bond donors (Lipinski definition) is 3. The molecule has 0 saturated heterocycles. The van der Waals surface area contributed by atoms with E-state index >= 15 is 0 Å². The van der Waals surface area contributed by atoms with E-state index in [4.69, 9.17) is 5.11 Å². The van der Waals surface area contributed by atoms with E-state index in [1.807, 2.05) is 20.8 Å². The lowest BCUT2D eigenvalue weighted by Gasteiger charge is -2.13. The Morgan fingerprint density at radius 1 is 1.42 bits per heavy atom. The molecule has 0 aromatic carbocycles. The molecule has 6 heteroatoms. The smallest absolute Gasteiger partial charge is 0.303 e.